The molecule has 2 aromatic heterocycles. The van der Waals surface area contributed by atoms with Crippen LogP contribution in [0.25, 0.3) is 11.3 Å². The molecule has 4 N–H and O–H groups in total. The largest absolute Gasteiger partial charge is 0.477 e. The van der Waals surface area contributed by atoms with Crippen LogP contribution in [0.2, 0.25) is 0 Å². The number of fused-ring (bicyclic) bond motifs is 3. The lowest BCUT2D eigenvalue weighted by atomic mass is 9.90. The van der Waals surface area contributed by atoms with Crippen molar-refractivity contribution in [3.63, 3.8) is 0 Å². The zero-order valence-corrected chi connectivity index (χ0v) is 9.27. The van der Waals surface area contributed by atoms with E-state index in [0.717, 1.165) is 11.3 Å². The third kappa shape index (κ3) is 1.24. The van der Waals surface area contributed by atoms with Gasteiger partial charge in [-0.2, -0.15) is 5.10 Å². The minimum atomic E-state index is -1.02. The first-order chi connectivity index (χ1) is 8.09. The third-order valence-electron chi connectivity index (χ3n) is 3.26. The number of aromatic amines is 1. The van der Waals surface area contributed by atoms with E-state index in [4.69, 9.17) is 10.8 Å². The molecule has 1 unspecified atom stereocenters. The number of hydrogen-bond acceptors (Lipinski definition) is 3. The molecular weight excluding hydrogens is 220 g/mol. The molecule has 17 heavy (non-hydrogen) atoms. The quantitative estimate of drug-likeness (QED) is 0.673. The number of aromatic nitrogens is 3. The third-order valence-corrected chi connectivity index (χ3v) is 3.26. The molecule has 0 saturated carbocycles. The van der Waals surface area contributed by atoms with Crippen molar-refractivity contribution in [2.45, 2.75) is 12.5 Å². The van der Waals surface area contributed by atoms with Gasteiger partial charge in [0.2, 0.25) is 0 Å². The second-order valence-corrected chi connectivity index (χ2v) is 4.26. The summed E-state index contributed by atoms with van der Waals surface area (Å²) in [6, 6.07) is 1.61. The Morgan fingerprint density at radius 3 is 3.18 bits per heavy atom. The van der Waals surface area contributed by atoms with Crippen LogP contribution in [0.1, 0.15) is 27.8 Å². The fourth-order valence-corrected chi connectivity index (χ4v) is 2.42. The van der Waals surface area contributed by atoms with Crippen molar-refractivity contribution < 1.29 is 9.90 Å². The Morgan fingerprint density at radius 2 is 2.47 bits per heavy atom. The lowest BCUT2D eigenvalue weighted by Gasteiger charge is -2.20. The van der Waals surface area contributed by atoms with E-state index < -0.39 is 5.97 Å². The molecule has 2 aromatic rings. The van der Waals surface area contributed by atoms with Crippen LogP contribution in [-0.4, -0.2) is 25.8 Å². The Balaban J connectivity index is 2.27. The van der Waals surface area contributed by atoms with Crippen molar-refractivity contribution in [3.8, 4) is 11.3 Å². The van der Waals surface area contributed by atoms with Gasteiger partial charge in [-0.25, -0.2) is 4.79 Å². The van der Waals surface area contributed by atoms with E-state index in [-0.39, 0.29) is 11.7 Å². The summed E-state index contributed by atoms with van der Waals surface area (Å²) in [7, 11) is 1.95. The fourth-order valence-electron chi connectivity index (χ4n) is 2.42. The van der Waals surface area contributed by atoms with Crippen LogP contribution in [0, 0.1) is 0 Å². The Hall–Kier alpha value is -2.08. The normalized spacial score (nSPS) is 17.6. The molecule has 0 fully saturated rings. The van der Waals surface area contributed by atoms with Gasteiger partial charge < -0.3 is 15.4 Å². The Bertz CT molecular complexity index is 611. The summed E-state index contributed by atoms with van der Waals surface area (Å²) in [5.41, 5.74) is 9.46. The monoisotopic (exact) mass is 232 g/mol. The lowest BCUT2D eigenvalue weighted by molar-refractivity contribution is 0.0688. The number of carboxylic acids is 1. The molecule has 0 spiro atoms. The molecule has 0 bridgehead atoms. The second-order valence-electron chi connectivity index (χ2n) is 4.26. The van der Waals surface area contributed by atoms with Gasteiger partial charge in [0.25, 0.3) is 0 Å². The minimum Gasteiger partial charge on any atom is -0.477 e. The number of H-pyrrole nitrogens is 1. The molecule has 1 aliphatic rings. The maximum atomic E-state index is 11.1. The number of hydrogen-bond donors (Lipinski definition) is 3. The van der Waals surface area contributed by atoms with E-state index in [1.165, 1.54) is 0 Å². The van der Waals surface area contributed by atoms with E-state index in [1.54, 1.807) is 0 Å². The van der Waals surface area contributed by atoms with E-state index in [1.807, 2.05) is 23.9 Å². The first-order valence-electron chi connectivity index (χ1n) is 5.31. The van der Waals surface area contributed by atoms with Crippen LogP contribution < -0.4 is 5.73 Å². The molecule has 0 radical (unpaired) electrons. The van der Waals surface area contributed by atoms with Gasteiger partial charge in [-0.1, -0.05) is 0 Å². The number of aryl methyl sites for hydroxylation is 1. The van der Waals surface area contributed by atoms with E-state index >= 15 is 0 Å². The molecule has 88 valence electrons. The Kier molecular flexibility index (Phi) is 1.90. The second kappa shape index (κ2) is 3.21. The smallest absolute Gasteiger partial charge is 0.354 e. The zero-order valence-electron chi connectivity index (χ0n) is 9.27. The molecule has 0 saturated heterocycles. The van der Waals surface area contributed by atoms with Crippen LogP contribution in [-0.2, 0) is 13.5 Å². The number of rotatable bonds is 1. The molecule has 0 amide bonds. The number of carboxylic acid groups (broad SMARTS) is 1. The number of nitrogens with zero attached hydrogens (tertiary/aromatic N) is 2. The molecular formula is C11H12N4O2. The summed E-state index contributed by atoms with van der Waals surface area (Å²) in [4.78, 5) is 11.1. The number of aromatic carboxylic acids is 1. The highest BCUT2D eigenvalue weighted by Gasteiger charge is 2.31. The van der Waals surface area contributed by atoms with Crippen LogP contribution in [0.4, 0.5) is 0 Å². The van der Waals surface area contributed by atoms with Crippen molar-refractivity contribution in [1.29, 1.82) is 0 Å². The molecule has 1 aliphatic carbocycles. The van der Waals surface area contributed by atoms with Gasteiger partial charge in [0.05, 0.1) is 5.69 Å². The fraction of sp³-hybridized carbons (Fsp3) is 0.273. The highest BCUT2D eigenvalue weighted by Crippen LogP contribution is 2.38. The van der Waals surface area contributed by atoms with Crippen LogP contribution in [0.5, 0.6) is 0 Å². The maximum Gasteiger partial charge on any atom is 0.354 e. The van der Waals surface area contributed by atoms with Crippen molar-refractivity contribution in [3.05, 3.63) is 29.2 Å². The van der Waals surface area contributed by atoms with Crippen molar-refractivity contribution in [2.24, 2.45) is 12.8 Å². The van der Waals surface area contributed by atoms with Crippen LogP contribution >= 0.6 is 0 Å². The molecule has 6 nitrogen and oxygen atoms in total. The predicted molar refractivity (Wildman–Crippen MR) is 60.6 cm³/mol. The lowest BCUT2D eigenvalue weighted by Crippen LogP contribution is -2.21. The van der Waals surface area contributed by atoms with Gasteiger partial charge in [-0.3, -0.25) is 5.10 Å². The molecule has 0 aromatic carbocycles. The van der Waals surface area contributed by atoms with E-state index in [2.05, 4.69) is 10.2 Å². The highest BCUT2D eigenvalue weighted by molar-refractivity contribution is 5.90. The topological polar surface area (TPSA) is 96.9 Å². The summed E-state index contributed by atoms with van der Waals surface area (Å²) < 4.78 is 1.99. The van der Waals surface area contributed by atoms with Gasteiger partial charge in [0.15, 0.2) is 0 Å². The molecule has 3 rings (SSSR count). The standard InChI is InChI=1S/C11H12N4O2/c1-15-3-2-5-7(15)4-6(12)8-9(5)13-14-10(8)11(16)17/h2-3,6H,4,12H2,1H3,(H,13,14)(H,16,17). The van der Waals surface area contributed by atoms with Gasteiger partial charge in [0, 0.05) is 42.5 Å². The van der Waals surface area contributed by atoms with Crippen LogP contribution in [0.3, 0.4) is 0 Å². The summed E-state index contributed by atoms with van der Waals surface area (Å²) in [5, 5.41) is 15.7. The zero-order chi connectivity index (χ0) is 12.2. The number of nitrogens with one attached hydrogen (secondary N) is 1. The summed E-state index contributed by atoms with van der Waals surface area (Å²) in [6.45, 7) is 0. The number of nitrogens with two attached hydrogens (primary N) is 1. The van der Waals surface area contributed by atoms with Gasteiger partial charge in [-0.15, -0.1) is 0 Å². The van der Waals surface area contributed by atoms with Crippen molar-refractivity contribution >= 4 is 5.97 Å². The number of carbonyl (C=O) groups is 1. The molecule has 1 atom stereocenters. The van der Waals surface area contributed by atoms with Crippen molar-refractivity contribution in [1.82, 2.24) is 14.8 Å². The SMILES string of the molecule is Cn1ccc2c1CC(N)c1c-2n[nH]c1C(=O)O. The summed E-state index contributed by atoms with van der Waals surface area (Å²) in [5.74, 6) is -1.02. The predicted octanol–water partition coefficient (Wildman–Crippen LogP) is 0.669. The van der Waals surface area contributed by atoms with Gasteiger partial charge in [-0.05, 0) is 6.07 Å². The van der Waals surface area contributed by atoms with E-state index in [0.29, 0.717) is 17.7 Å². The van der Waals surface area contributed by atoms with Gasteiger partial charge in [0.1, 0.15) is 5.69 Å². The first-order valence-corrected chi connectivity index (χ1v) is 5.31. The molecule has 6 heteroatoms. The molecule has 2 heterocycles. The van der Waals surface area contributed by atoms with Crippen molar-refractivity contribution in [2.75, 3.05) is 0 Å². The minimum absolute atomic E-state index is 0.0991. The Morgan fingerprint density at radius 1 is 1.71 bits per heavy atom. The Labute approximate surface area is 97.1 Å². The van der Waals surface area contributed by atoms with E-state index in [9.17, 15) is 4.79 Å². The average Bonchev–Trinajstić information content (AvgIpc) is 2.84. The first kappa shape index (κ1) is 10.1. The molecule has 0 aliphatic heterocycles. The van der Waals surface area contributed by atoms with Crippen LogP contribution in [0.15, 0.2) is 12.3 Å². The van der Waals surface area contributed by atoms with Gasteiger partial charge >= 0.3 is 5.97 Å². The highest BCUT2D eigenvalue weighted by atomic mass is 16.4. The summed E-state index contributed by atoms with van der Waals surface area (Å²) in [6.07, 6.45) is 2.56. The summed E-state index contributed by atoms with van der Waals surface area (Å²) >= 11 is 0. The maximum absolute atomic E-state index is 11.1. The average molecular weight is 232 g/mol.